The minimum absolute atomic E-state index is 0.111. The number of carbonyl (C=O) groups excluding carboxylic acids is 1. The van der Waals surface area contributed by atoms with Crippen molar-refractivity contribution in [2.75, 3.05) is 27.7 Å². The van der Waals surface area contributed by atoms with Gasteiger partial charge in [0.2, 0.25) is 0 Å². The lowest BCUT2D eigenvalue weighted by Gasteiger charge is -2.23. The molecule has 0 N–H and O–H groups in total. The van der Waals surface area contributed by atoms with Crippen molar-refractivity contribution in [3.05, 3.63) is 0 Å². The van der Waals surface area contributed by atoms with Crippen molar-refractivity contribution in [3.8, 4) is 0 Å². The van der Waals surface area contributed by atoms with Gasteiger partial charge in [0.25, 0.3) is 0 Å². The average Bonchev–Trinajstić information content (AvgIpc) is 2.22. The van der Waals surface area contributed by atoms with Gasteiger partial charge in [-0.1, -0.05) is 39.5 Å². The molecule has 0 saturated heterocycles. The van der Waals surface area contributed by atoms with Crippen molar-refractivity contribution in [1.29, 1.82) is 0 Å². The molecule has 3 nitrogen and oxygen atoms in total. The van der Waals surface area contributed by atoms with E-state index in [1.54, 1.807) is 0 Å². The Balaban J connectivity index is 0. The van der Waals surface area contributed by atoms with Gasteiger partial charge in [-0.3, -0.25) is 0 Å². The minimum Gasteiger partial charge on any atom is -0.550 e. The summed E-state index contributed by atoms with van der Waals surface area (Å²) in [6, 6.07) is 0. The zero-order valence-electron chi connectivity index (χ0n) is 12.4. The molecule has 0 unspecified atom stereocenters. The van der Waals surface area contributed by atoms with Crippen LogP contribution >= 0.6 is 0 Å². The van der Waals surface area contributed by atoms with Gasteiger partial charge in [0.15, 0.2) is 0 Å². The smallest absolute Gasteiger partial charge is 0.0780 e. The second-order valence-electron chi connectivity index (χ2n) is 5.51. The number of carboxylic acids is 1. The first kappa shape index (κ1) is 18.8. The largest absolute Gasteiger partial charge is 0.550 e. The summed E-state index contributed by atoms with van der Waals surface area (Å²) in [4.78, 5) is 9.26. The predicted octanol–water partition coefficient (Wildman–Crippen LogP) is 2.20. The second-order valence-corrected chi connectivity index (χ2v) is 5.51. The lowest BCUT2D eigenvalue weighted by molar-refractivity contribution is -0.870. The molecule has 0 aromatic rings. The van der Waals surface area contributed by atoms with Crippen LogP contribution in [0.3, 0.4) is 0 Å². The maximum atomic E-state index is 9.26. The first-order valence-corrected chi connectivity index (χ1v) is 6.83. The van der Waals surface area contributed by atoms with Gasteiger partial charge in [0.1, 0.15) is 0 Å². The maximum absolute atomic E-state index is 9.26. The van der Waals surface area contributed by atoms with Crippen molar-refractivity contribution in [2.45, 2.75) is 58.8 Å². The number of quaternary nitrogens is 1. The van der Waals surface area contributed by atoms with Crippen LogP contribution in [0.5, 0.6) is 0 Å². The van der Waals surface area contributed by atoms with Crippen LogP contribution in [0.25, 0.3) is 0 Å². The first-order valence-electron chi connectivity index (χ1n) is 6.83. The van der Waals surface area contributed by atoms with E-state index in [1.165, 1.54) is 52.0 Å². The van der Waals surface area contributed by atoms with E-state index in [9.17, 15) is 9.90 Å². The number of rotatable bonds is 8. The lowest BCUT2D eigenvalue weighted by Crippen LogP contribution is -2.35. The number of unbranched alkanes of at least 4 members (excludes halogenated alkanes) is 5. The highest BCUT2D eigenvalue weighted by Crippen LogP contribution is 2.06. The Labute approximate surface area is 107 Å². The molecule has 0 aliphatic heterocycles. The summed E-state index contributed by atoms with van der Waals surface area (Å²) in [5.41, 5.74) is 0. The molecule has 17 heavy (non-hydrogen) atoms. The Hall–Kier alpha value is -0.570. The van der Waals surface area contributed by atoms with Crippen LogP contribution in [-0.4, -0.2) is 38.1 Å². The molecular weight excluding hydrogens is 214 g/mol. The Kier molecular flexibility index (Phi) is 13.2. The van der Waals surface area contributed by atoms with E-state index in [1.807, 2.05) is 0 Å². The fourth-order valence-electron chi connectivity index (χ4n) is 1.37. The number of hydrogen-bond acceptors (Lipinski definition) is 2. The monoisotopic (exact) mass is 245 g/mol. The molecule has 0 amide bonds. The van der Waals surface area contributed by atoms with E-state index >= 15 is 0 Å². The Bertz CT molecular complexity index is 174. The van der Waals surface area contributed by atoms with E-state index < -0.39 is 5.97 Å². The maximum Gasteiger partial charge on any atom is 0.0780 e. The molecule has 0 fully saturated rings. The number of aliphatic carboxylic acids is 1. The van der Waals surface area contributed by atoms with Crippen molar-refractivity contribution < 1.29 is 14.4 Å². The fraction of sp³-hybridized carbons (Fsp3) is 0.929. The normalized spacial score (nSPS) is 10.6. The minimum atomic E-state index is -0.995. The number of hydrogen-bond donors (Lipinski definition) is 0. The summed E-state index contributed by atoms with van der Waals surface area (Å²) in [7, 11) is 6.81. The molecule has 0 rings (SSSR count). The molecule has 0 saturated carbocycles. The highest BCUT2D eigenvalue weighted by Gasteiger charge is 2.04. The highest BCUT2D eigenvalue weighted by molar-refractivity contribution is 5.63. The number of nitrogens with zero attached hydrogens (tertiary/aromatic N) is 1. The molecule has 0 heterocycles. The van der Waals surface area contributed by atoms with Crippen LogP contribution in [0.1, 0.15) is 58.8 Å². The zero-order chi connectivity index (χ0) is 13.7. The molecule has 0 aromatic heterocycles. The molecule has 3 heteroatoms. The fourth-order valence-corrected chi connectivity index (χ4v) is 1.37. The van der Waals surface area contributed by atoms with Gasteiger partial charge in [-0.05, 0) is 19.3 Å². The third kappa shape index (κ3) is 25.6. The third-order valence-corrected chi connectivity index (χ3v) is 2.47. The molecule has 0 bridgehead atoms. The van der Waals surface area contributed by atoms with E-state index in [4.69, 9.17) is 0 Å². The van der Waals surface area contributed by atoms with Gasteiger partial charge < -0.3 is 14.4 Å². The molecule has 0 radical (unpaired) electrons. The van der Waals surface area contributed by atoms with Crippen molar-refractivity contribution in [2.24, 2.45) is 0 Å². The van der Waals surface area contributed by atoms with Gasteiger partial charge >= 0.3 is 0 Å². The van der Waals surface area contributed by atoms with Crippen molar-refractivity contribution in [3.63, 3.8) is 0 Å². The summed E-state index contributed by atoms with van der Waals surface area (Å²) < 4.78 is 1.12. The second kappa shape index (κ2) is 11.9. The Morgan fingerprint density at radius 3 is 1.71 bits per heavy atom. The summed E-state index contributed by atoms with van der Waals surface area (Å²) in [6.45, 7) is 5.13. The zero-order valence-corrected chi connectivity index (χ0v) is 12.4. The van der Waals surface area contributed by atoms with E-state index in [-0.39, 0.29) is 6.42 Å². The van der Waals surface area contributed by atoms with Crippen molar-refractivity contribution in [1.82, 2.24) is 0 Å². The molecule has 0 atom stereocenters. The summed E-state index contributed by atoms with van der Waals surface area (Å²) in [5, 5.41) is 9.26. The lowest BCUT2D eigenvalue weighted by atomic mass is 10.1. The predicted molar refractivity (Wildman–Crippen MR) is 71.6 cm³/mol. The SMILES string of the molecule is CCC(=O)[O-].CCCCCCCC[N+](C)(C)C. The molecule has 0 aliphatic rings. The standard InChI is InChI=1S/C11H26N.C3H6O2/c1-5-6-7-8-9-10-11-12(2,3)4;1-2-3(4)5/h5-11H2,1-4H3;2H2,1H3,(H,4,5)/q+1;/p-1. The van der Waals surface area contributed by atoms with E-state index in [2.05, 4.69) is 28.1 Å². The van der Waals surface area contributed by atoms with Crippen molar-refractivity contribution >= 4 is 5.97 Å². The van der Waals surface area contributed by atoms with Crippen LogP contribution in [0.4, 0.5) is 0 Å². The summed E-state index contributed by atoms with van der Waals surface area (Å²) in [6.07, 6.45) is 8.59. The Morgan fingerprint density at radius 1 is 0.941 bits per heavy atom. The number of carboxylic acid groups (broad SMARTS) is 1. The summed E-state index contributed by atoms with van der Waals surface area (Å²) in [5.74, 6) is -0.995. The molecule has 0 aliphatic carbocycles. The third-order valence-electron chi connectivity index (χ3n) is 2.47. The van der Waals surface area contributed by atoms with Crippen LogP contribution < -0.4 is 5.11 Å². The van der Waals surface area contributed by atoms with E-state index in [0.29, 0.717) is 0 Å². The highest BCUT2D eigenvalue weighted by atomic mass is 16.4. The van der Waals surface area contributed by atoms with Crippen LogP contribution in [0.15, 0.2) is 0 Å². The van der Waals surface area contributed by atoms with Crippen LogP contribution in [-0.2, 0) is 4.79 Å². The van der Waals surface area contributed by atoms with Gasteiger partial charge in [-0.2, -0.15) is 0 Å². The van der Waals surface area contributed by atoms with Gasteiger partial charge in [-0.25, -0.2) is 0 Å². The van der Waals surface area contributed by atoms with Crippen LogP contribution in [0.2, 0.25) is 0 Å². The summed E-state index contributed by atoms with van der Waals surface area (Å²) >= 11 is 0. The quantitative estimate of drug-likeness (QED) is 0.486. The number of carbonyl (C=O) groups is 1. The van der Waals surface area contributed by atoms with Crippen LogP contribution in [0, 0.1) is 0 Å². The first-order chi connectivity index (χ1) is 7.83. The van der Waals surface area contributed by atoms with Gasteiger partial charge in [-0.15, -0.1) is 0 Å². The Morgan fingerprint density at radius 2 is 1.35 bits per heavy atom. The van der Waals surface area contributed by atoms with Gasteiger partial charge in [0, 0.05) is 5.97 Å². The molecule has 0 spiro atoms. The van der Waals surface area contributed by atoms with Gasteiger partial charge in [0.05, 0.1) is 27.7 Å². The molecule has 0 aromatic carbocycles. The van der Waals surface area contributed by atoms with E-state index in [0.717, 1.165) is 4.48 Å². The molecular formula is C14H31NO2. The average molecular weight is 245 g/mol. The topological polar surface area (TPSA) is 40.1 Å². The molecule has 104 valence electrons.